The summed E-state index contributed by atoms with van der Waals surface area (Å²) < 4.78 is 40.3. The maximum Gasteiger partial charge on any atom is 0.139 e. The molecule has 20 heavy (non-hydrogen) atoms. The predicted molar refractivity (Wildman–Crippen MR) is 74.1 cm³/mol. The molecule has 0 radical (unpaired) electrons. The minimum Gasteiger partial charge on any atom is -0.309 e. The van der Waals surface area contributed by atoms with Gasteiger partial charge in [-0.15, -0.1) is 11.3 Å². The monoisotopic (exact) mass is 300 g/mol. The third-order valence-electron chi connectivity index (χ3n) is 2.87. The van der Waals surface area contributed by atoms with Crippen LogP contribution in [-0.2, 0) is 0 Å². The van der Waals surface area contributed by atoms with Crippen molar-refractivity contribution in [2.75, 3.05) is 6.54 Å². The summed E-state index contributed by atoms with van der Waals surface area (Å²) in [5, 5.41) is 3.50. The molecule has 0 bridgehead atoms. The van der Waals surface area contributed by atoms with E-state index in [0.29, 0.717) is 12.1 Å². The number of rotatable bonds is 5. The fraction of sp³-hybridized carbons (Fsp3) is 0.357. The molecule has 1 atom stereocenters. The molecule has 0 spiro atoms. The Morgan fingerprint density at radius 2 is 1.90 bits per heavy atom. The van der Waals surface area contributed by atoms with Crippen LogP contribution in [-0.4, -0.2) is 11.5 Å². The van der Waals surface area contributed by atoms with E-state index in [0.717, 1.165) is 17.8 Å². The summed E-state index contributed by atoms with van der Waals surface area (Å²) in [5.74, 6) is -2.80. The Hall–Kier alpha value is -1.40. The lowest BCUT2D eigenvalue weighted by molar-refractivity contribution is 0.548. The van der Waals surface area contributed by atoms with Crippen LogP contribution in [0.2, 0.25) is 0 Å². The van der Waals surface area contributed by atoms with Crippen LogP contribution in [0, 0.1) is 17.5 Å². The van der Waals surface area contributed by atoms with Crippen molar-refractivity contribution in [3.63, 3.8) is 0 Å². The van der Waals surface area contributed by atoms with Crippen molar-refractivity contribution in [2.24, 2.45) is 0 Å². The molecule has 0 saturated carbocycles. The van der Waals surface area contributed by atoms with E-state index in [-0.39, 0.29) is 16.6 Å². The molecule has 1 heterocycles. The summed E-state index contributed by atoms with van der Waals surface area (Å²) >= 11 is 1.20. The predicted octanol–water partition coefficient (Wildman–Crippen LogP) is 4.29. The van der Waals surface area contributed by atoms with E-state index >= 15 is 0 Å². The standard InChI is InChI=1S/C14H15F3N2S/c1-3-4-18-8(2)12-7-19-14(20-12)13-10(16)5-9(15)6-11(13)17/h5-8,18H,3-4H2,1-2H3. The van der Waals surface area contributed by atoms with Crippen molar-refractivity contribution < 1.29 is 13.2 Å². The molecule has 0 saturated heterocycles. The maximum absolute atomic E-state index is 13.7. The van der Waals surface area contributed by atoms with Gasteiger partial charge in [0.1, 0.15) is 22.5 Å². The van der Waals surface area contributed by atoms with E-state index in [1.807, 2.05) is 6.92 Å². The third kappa shape index (κ3) is 3.19. The molecule has 0 aliphatic rings. The SMILES string of the molecule is CCCNC(C)c1cnc(-c2c(F)cc(F)cc2F)s1. The second kappa shape index (κ2) is 6.37. The first kappa shape index (κ1) is 15.0. The molecule has 0 amide bonds. The van der Waals surface area contributed by atoms with Gasteiger partial charge in [0.2, 0.25) is 0 Å². The third-order valence-corrected chi connectivity index (χ3v) is 4.07. The summed E-state index contributed by atoms with van der Waals surface area (Å²) in [4.78, 5) is 4.93. The van der Waals surface area contributed by atoms with Crippen LogP contribution in [0.15, 0.2) is 18.3 Å². The van der Waals surface area contributed by atoms with Gasteiger partial charge < -0.3 is 5.32 Å². The molecule has 1 unspecified atom stereocenters. The minimum atomic E-state index is -0.933. The van der Waals surface area contributed by atoms with Gasteiger partial charge in [-0.25, -0.2) is 18.2 Å². The number of benzene rings is 1. The van der Waals surface area contributed by atoms with E-state index in [9.17, 15) is 13.2 Å². The smallest absolute Gasteiger partial charge is 0.139 e. The summed E-state index contributed by atoms with van der Waals surface area (Å²) in [7, 11) is 0. The first-order valence-electron chi connectivity index (χ1n) is 6.37. The first-order valence-corrected chi connectivity index (χ1v) is 7.18. The van der Waals surface area contributed by atoms with Gasteiger partial charge >= 0.3 is 0 Å². The van der Waals surface area contributed by atoms with Crippen molar-refractivity contribution in [1.29, 1.82) is 0 Å². The molecule has 6 heteroatoms. The van der Waals surface area contributed by atoms with Crippen LogP contribution in [0.5, 0.6) is 0 Å². The van der Waals surface area contributed by atoms with E-state index in [2.05, 4.69) is 17.2 Å². The Labute approximate surface area is 119 Å². The van der Waals surface area contributed by atoms with Gasteiger partial charge in [-0.3, -0.25) is 0 Å². The number of nitrogens with zero attached hydrogens (tertiary/aromatic N) is 1. The zero-order valence-corrected chi connectivity index (χ0v) is 12.0. The lowest BCUT2D eigenvalue weighted by Gasteiger charge is -2.09. The van der Waals surface area contributed by atoms with Crippen LogP contribution in [0.4, 0.5) is 13.2 Å². The zero-order valence-electron chi connectivity index (χ0n) is 11.2. The number of nitrogens with one attached hydrogen (secondary N) is 1. The molecule has 1 aromatic heterocycles. The van der Waals surface area contributed by atoms with Crippen molar-refractivity contribution >= 4 is 11.3 Å². The number of thiazole rings is 1. The molecule has 1 aromatic carbocycles. The largest absolute Gasteiger partial charge is 0.309 e. The van der Waals surface area contributed by atoms with Gasteiger partial charge in [0.15, 0.2) is 0 Å². The van der Waals surface area contributed by atoms with E-state index < -0.39 is 17.5 Å². The highest BCUT2D eigenvalue weighted by atomic mass is 32.1. The fourth-order valence-electron chi connectivity index (χ4n) is 1.81. The Morgan fingerprint density at radius 3 is 2.50 bits per heavy atom. The molecule has 2 aromatic rings. The number of hydrogen-bond donors (Lipinski definition) is 1. The molecule has 1 N–H and O–H groups in total. The second-order valence-electron chi connectivity index (χ2n) is 4.49. The molecular formula is C14H15F3N2S. The van der Waals surface area contributed by atoms with Crippen molar-refractivity contribution in [3.05, 3.63) is 40.7 Å². The normalized spacial score (nSPS) is 12.7. The lowest BCUT2D eigenvalue weighted by Crippen LogP contribution is -2.18. The molecule has 0 aliphatic carbocycles. The van der Waals surface area contributed by atoms with Crippen LogP contribution >= 0.6 is 11.3 Å². The summed E-state index contributed by atoms with van der Waals surface area (Å²) in [5.41, 5.74) is -0.273. The zero-order chi connectivity index (χ0) is 14.7. The van der Waals surface area contributed by atoms with Gasteiger partial charge in [0.25, 0.3) is 0 Å². The van der Waals surface area contributed by atoms with Crippen molar-refractivity contribution in [3.8, 4) is 10.6 Å². The van der Waals surface area contributed by atoms with E-state index in [1.165, 1.54) is 11.3 Å². The highest BCUT2D eigenvalue weighted by Gasteiger charge is 2.18. The molecule has 0 fully saturated rings. The average Bonchev–Trinajstić information content (AvgIpc) is 2.84. The number of aromatic nitrogens is 1. The van der Waals surface area contributed by atoms with Crippen LogP contribution in [0.3, 0.4) is 0 Å². The highest BCUT2D eigenvalue weighted by molar-refractivity contribution is 7.15. The molecule has 2 nitrogen and oxygen atoms in total. The molecule has 0 aliphatic heterocycles. The first-order chi connectivity index (χ1) is 9.52. The lowest BCUT2D eigenvalue weighted by atomic mass is 10.2. The Bertz CT molecular complexity index is 575. The summed E-state index contributed by atoms with van der Waals surface area (Å²) in [6.45, 7) is 4.87. The van der Waals surface area contributed by atoms with Gasteiger partial charge in [0.05, 0.1) is 5.56 Å². The maximum atomic E-state index is 13.7. The van der Waals surface area contributed by atoms with Gasteiger partial charge in [0, 0.05) is 29.2 Å². The molecule has 108 valence electrons. The van der Waals surface area contributed by atoms with Crippen LogP contribution in [0.25, 0.3) is 10.6 Å². The Balaban J connectivity index is 2.29. The number of hydrogen-bond acceptors (Lipinski definition) is 3. The van der Waals surface area contributed by atoms with Gasteiger partial charge in [-0.05, 0) is 19.9 Å². The Morgan fingerprint density at radius 1 is 1.25 bits per heavy atom. The fourth-order valence-corrected chi connectivity index (χ4v) is 2.80. The van der Waals surface area contributed by atoms with Crippen LogP contribution < -0.4 is 5.32 Å². The van der Waals surface area contributed by atoms with E-state index in [4.69, 9.17) is 0 Å². The molecule has 2 rings (SSSR count). The minimum absolute atomic E-state index is 0.0628. The highest BCUT2D eigenvalue weighted by Crippen LogP contribution is 2.32. The second-order valence-corrected chi connectivity index (χ2v) is 5.55. The van der Waals surface area contributed by atoms with Crippen molar-refractivity contribution in [1.82, 2.24) is 10.3 Å². The topological polar surface area (TPSA) is 24.9 Å². The van der Waals surface area contributed by atoms with E-state index in [1.54, 1.807) is 6.20 Å². The van der Waals surface area contributed by atoms with Gasteiger partial charge in [-0.1, -0.05) is 6.92 Å². The van der Waals surface area contributed by atoms with Gasteiger partial charge in [-0.2, -0.15) is 0 Å². The van der Waals surface area contributed by atoms with Crippen molar-refractivity contribution in [2.45, 2.75) is 26.3 Å². The summed E-state index contributed by atoms with van der Waals surface area (Å²) in [6, 6.07) is 1.39. The quantitative estimate of drug-likeness (QED) is 0.891. The Kier molecular flexibility index (Phi) is 4.77. The number of halogens is 3. The summed E-state index contributed by atoms with van der Waals surface area (Å²) in [6.07, 6.45) is 2.59. The molecular weight excluding hydrogens is 285 g/mol. The average molecular weight is 300 g/mol. The van der Waals surface area contributed by atoms with Crippen LogP contribution in [0.1, 0.15) is 31.2 Å².